The average molecular weight is 863 g/mol. The normalized spacial score (nSPS) is 13.1. The van der Waals surface area contributed by atoms with Crippen LogP contribution in [0.3, 0.4) is 0 Å². The number of anilines is 6. The van der Waals surface area contributed by atoms with E-state index in [9.17, 15) is 0 Å². The van der Waals surface area contributed by atoms with Crippen LogP contribution >= 0.6 is 0 Å². The van der Waals surface area contributed by atoms with E-state index in [1.165, 1.54) is 60.4 Å². The van der Waals surface area contributed by atoms with Crippen LogP contribution in [0.25, 0.3) is 55.4 Å². The molecule has 1 aromatic heterocycles. The maximum absolute atomic E-state index is 5.46. The van der Waals surface area contributed by atoms with Crippen molar-refractivity contribution in [1.29, 1.82) is 0 Å². The van der Waals surface area contributed by atoms with Crippen LogP contribution in [0.5, 0.6) is 0 Å². The van der Waals surface area contributed by atoms with Gasteiger partial charge < -0.3 is 9.80 Å². The molecule has 0 fully saturated rings. The van der Waals surface area contributed by atoms with Gasteiger partial charge in [-0.25, -0.2) is 9.97 Å². The molecule has 0 N–H and O–H groups in total. The number of hydrogen-bond acceptors (Lipinski definition) is 4. The summed E-state index contributed by atoms with van der Waals surface area (Å²) in [7, 11) is 0. The van der Waals surface area contributed by atoms with Gasteiger partial charge in [0.1, 0.15) is 0 Å². The molecule has 0 atom stereocenters. The minimum absolute atomic E-state index is 0.00576. The van der Waals surface area contributed by atoms with Gasteiger partial charge in [0.2, 0.25) is 0 Å². The zero-order valence-electron chi connectivity index (χ0n) is 38.9. The Morgan fingerprint density at radius 2 is 0.731 bits per heavy atom. The second-order valence-electron chi connectivity index (χ2n) is 20.3. The van der Waals surface area contributed by atoms with Crippen LogP contribution in [-0.4, -0.2) is 16.7 Å². The molecule has 0 saturated carbocycles. The van der Waals surface area contributed by atoms with E-state index in [1.54, 1.807) is 0 Å². The fourth-order valence-corrected chi connectivity index (χ4v) is 10.4. The average Bonchev–Trinajstić information content (AvgIpc) is 3.35. The van der Waals surface area contributed by atoms with Crippen molar-refractivity contribution in [3.63, 3.8) is 0 Å². The van der Waals surface area contributed by atoms with Crippen molar-refractivity contribution in [2.75, 3.05) is 9.80 Å². The Morgan fingerprint density at radius 3 is 1.12 bits per heavy atom. The van der Waals surface area contributed by atoms with Crippen molar-refractivity contribution in [3.05, 3.63) is 211 Å². The number of rotatable bonds is 5. The first-order valence-corrected chi connectivity index (χ1v) is 23.5. The molecule has 0 unspecified atom stereocenters. The Kier molecular flexibility index (Phi) is 9.38. The monoisotopic (exact) mass is 862 g/mol. The summed E-state index contributed by atoms with van der Waals surface area (Å²) < 4.78 is 0. The van der Waals surface area contributed by atoms with E-state index in [0.717, 1.165) is 50.8 Å². The highest BCUT2D eigenvalue weighted by Crippen LogP contribution is 2.47. The highest BCUT2D eigenvalue weighted by atomic mass is 15.2. The lowest BCUT2D eigenvalue weighted by Gasteiger charge is -2.44. The van der Waals surface area contributed by atoms with Gasteiger partial charge in [0.25, 0.3) is 6.71 Å². The first-order valence-electron chi connectivity index (χ1n) is 23.5. The fraction of sp³-hybridized carbons (Fsp3) is 0.129. The maximum Gasteiger partial charge on any atom is 0.252 e. The molecular weight excluding hydrogens is 812 g/mol. The molecule has 2 aliphatic heterocycles. The first-order chi connectivity index (χ1) is 32.5. The third kappa shape index (κ3) is 7.00. The van der Waals surface area contributed by atoms with E-state index < -0.39 is 0 Å². The van der Waals surface area contributed by atoms with Crippen molar-refractivity contribution in [2.24, 2.45) is 0 Å². The topological polar surface area (TPSA) is 32.3 Å². The fourth-order valence-electron chi connectivity index (χ4n) is 10.4. The molecule has 322 valence electrons. The smallest absolute Gasteiger partial charge is 0.252 e. The largest absolute Gasteiger partial charge is 0.311 e. The summed E-state index contributed by atoms with van der Waals surface area (Å²) in [5.41, 5.74) is 18.0. The SMILES string of the molecule is CC(C)(C)c1ccc(N2c3cc4ccccc4cc3B3c4cc5ccccc5cc4N(c4ccc(C(C)(C)C)cc4)c4cc(-c5nc(-c6ccccc6)cc(-c6ccccc6)n5)cc2c43)cc1. The Morgan fingerprint density at radius 1 is 0.358 bits per heavy atom. The Hall–Kier alpha value is -7.76. The summed E-state index contributed by atoms with van der Waals surface area (Å²) in [6, 6.07) is 73.7. The molecule has 0 aliphatic carbocycles. The highest BCUT2D eigenvalue weighted by molar-refractivity contribution is 7.00. The second-order valence-corrected chi connectivity index (χ2v) is 20.3. The van der Waals surface area contributed by atoms with Gasteiger partial charge >= 0.3 is 0 Å². The number of fused-ring (bicyclic) bond motifs is 6. The van der Waals surface area contributed by atoms with Crippen LogP contribution in [0.4, 0.5) is 34.1 Å². The highest BCUT2D eigenvalue weighted by Gasteiger charge is 2.44. The summed E-state index contributed by atoms with van der Waals surface area (Å²) >= 11 is 0. The lowest BCUT2D eigenvalue weighted by atomic mass is 9.33. The molecule has 0 saturated heterocycles. The molecule has 2 aliphatic rings. The Labute approximate surface area is 394 Å². The van der Waals surface area contributed by atoms with E-state index in [0.29, 0.717) is 5.82 Å². The third-order valence-electron chi connectivity index (χ3n) is 13.9. The summed E-state index contributed by atoms with van der Waals surface area (Å²) in [4.78, 5) is 15.9. The van der Waals surface area contributed by atoms with E-state index in [4.69, 9.17) is 9.97 Å². The molecule has 0 bridgehead atoms. The van der Waals surface area contributed by atoms with Crippen LogP contribution in [0.2, 0.25) is 0 Å². The summed E-state index contributed by atoms with van der Waals surface area (Å²) in [5.74, 6) is 0.676. The third-order valence-corrected chi connectivity index (χ3v) is 13.9. The Balaban J connectivity index is 1.21. The molecule has 3 heterocycles. The predicted octanol–water partition coefficient (Wildman–Crippen LogP) is 14.5. The summed E-state index contributed by atoms with van der Waals surface area (Å²) in [5, 5.41) is 4.87. The lowest BCUT2D eigenvalue weighted by Crippen LogP contribution is -2.61. The van der Waals surface area contributed by atoms with Gasteiger partial charge in [-0.3, -0.25) is 0 Å². The molecule has 9 aromatic carbocycles. The van der Waals surface area contributed by atoms with Gasteiger partial charge in [0, 0.05) is 50.8 Å². The van der Waals surface area contributed by atoms with Gasteiger partial charge in [0.15, 0.2) is 5.82 Å². The molecule has 12 rings (SSSR count). The van der Waals surface area contributed by atoms with Crippen molar-refractivity contribution >= 4 is 78.8 Å². The van der Waals surface area contributed by atoms with Crippen molar-refractivity contribution in [1.82, 2.24) is 9.97 Å². The van der Waals surface area contributed by atoms with Crippen molar-refractivity contribution in [2.45, 2.75) is 52.4 Å². The number of aromatic nitrogens is 2. The van der Waals surface area contributed by atoms with Gasteiger partial charge in [-0.05, 0) is 114 Å². The number of hydrogen-bond donors (Lipinski definition) is 0. The second kappa shape index (κ2) is 15.4. The first kappa shape index (κ1) is 40.7. The number of nitrogens with zero attached hydrogens (tertiary/aromatic N) is 4. The summed E-state index contributed by atoms with van der Waals surface area (Å²) in [6.45, 7) is 13.6. The zero-order chi connectivity index (χ0) is 45.6. The van der Waals surface area contributed by atoms with Crippen molar-refractivity contribution in [3.8, 4) is 33.9 Å². The maximum atomic E-state index is 5.46. The molecule has 0 spiro atoms. The molecular formula is C62H51BN4. The van der Waals surface area contributed by atoms with Gasteiger partial charge in [-0.1, -0.05) is 187 Å². The molecule has 10 aromatic rings. The minimum atomic E-state index is -0.0649. The van der Waals surface area contributed by atoms with E-state index in [-0.39, 0.29) is 17.5 Å². The molecule has 0 amide bonds. The molecule has 5 heteroatoms. The van der Waals surface area contributed by atoms with E-state index >= 15 is 0 Å². The van der Waals surface area contributed by atoms with Crippen LogP contribution in [0.1, 0.15) is 52.7 Å². The molecule has 67 heavy (non-hydrogen) atoms. The summed E-state index contributed by atoms with van der Waals surface area (Å²) in [6.07, 6.45) is 0. The quantitative estimate of drug-likeness (QED) is 0.161. The van der Waals surface area contributed by atoms with Gasteiger partial charge in [-0.2, -0.15) is 0 Å². The van der Waals surface area contributed by atoms with Crippen LogP contribution in [0.15, 0.2) is 200 Å². The minimum Gasteiger partial charge on any atom is -0.311 e. The van der Waals surface area contributed by atoms with Crippen molar-refractivity contribution < 1.29 is 0 Å². The molecule has 0 radical (unpaired) electrons. The van der Waals surface area contributed by atoms with Crippen LogP contribution < -0.4 is 26.2 Å². The predicted molar refractivity (Wildman–Crippen MR) is 285 cm³/mol. The Bertz CT molecular complexity index is 3310. The van der Waals surface area contributed by atoms with Crippen LogP contribution in [0, 0.1) is 0 Å². The van der Waals surface area contributed by atoms with E-state index in [2.05, 4.69) is 252 Å². The number of benzene rings is 9. The van der Waals surface area contributed by atoms with E-state index in [1.807, 2.05) is 0 Å². The van der Waals surface area contributed by atoms with Gasteiger partial charge in [-0.15, -0.1) is 0 Å². The van der Waals surface area contributed by atoms with Crippen LogP contribution in [-0.2, 0) is 10.8 Å². The zero-order valence-corrected chi connectivity index (χ0v) is 38.9. The lowest BCUT2D eigenvalue weighted by molar-refractivity contribution is 0.590. The standard InChI is InChI=1S/C62H51BN4/c1-61(2,3)47-25-29-49(30-26-47)66-55-35-44-23-15-13-21-42(44)33-51(55)63-52-34-43-22-14-16-24-45(43)36-56(52)67(50-31-27-48(28-32-50)62(4,5)6)58-38-46(37-57(66)59(58)63)60-64-53(40-17-9-7-10-18-40)39-54(65-60)41-19-11-8-12-20-41/h7-39H,1-6H3. The molecule has 4 nitrogen and oxygen atoms in total. The van der Waals surface area contributed by atoms with Gasteiger partial charge in [0.05, 0.1) is 11.4 Å².